The Balaban J connectivity index is 2.15. The van der Waals surface area contributed by atoms with E-state index in [2.05, 4.69) is 5.32 Å². The minimum absolute atomic E-state index is 0.145. The molecule has 0 spiro atoms. The fraction of sp³-hybridized carbons (Fsp3) is 0.278. The van der Waals surface area contributed by atoms with E-state index in [9.17, 15) is 13.2 Å². The Morgan fingerprint density at radius 1 is 1.15 bits per heavy atom. The van der Waals surface area contributed by atoms with Crippen molar-refractivity contribution >= 4 is 33.2 Å². The van der Waals surface area contributed by atoms with Crippen LogP contribution < -0.4 is 10.1 Å². The highest BCUT2D eigenvalue weighted by molar-refractivity contribution is 7.89. The van der Waals surface area contributed by atoms with Crippen molar-refractivity contribution in [2.45, 2.75) is 24.8 Å². The van der Waals surface area contributed by atoms with Gasteiger partial charge in [-0.3, -0.25) is 4.79 Å². The number of nitrogens with one attached hydrogen (secondary N) is 1. The minimum atomic E-state index is -3.60. The zero-order valence-corrected chi connectivity index (χ0v) is 16.6. The molecule has 8 heteroatoms. The van der Waals surface area contributed by atoms with Gasteiger partial charge in [-0.2, -0.15) is 0 Å². The van der Waals surface area contributed by atoms with E-state index in [1.807, 2.05) is 0 Å². The topological polar surface area (TPSA) is 75.7 Å². The number of anilines is 1. The number of nitrogens with zero attached hydrogens (tertiary/aromatic N) is 1. The van der Waals surface area contributed by atoms with Crippen LogP contribution in [0.4, 0.5) is 5.69 Å². The van der Waals surface area contributed by atoms with E-state index in [1.54, 1.807) is 50.2 Å². The largest absolute Gasteiger partial charge is 0.481 e. The molecule has 0 saturated heterocycles. The van der Waals surface area contributed by atoms with E-state index >= 15 is 0 Å². The van der Waals surface area contributed by atoms with E-state index in [1.165, 1.54) is 20.2 Å². The second-order valence-corrected chi connectivity index (χ2v) is 8.53. The van der Waals surface area contributed by atoms with E-state index < -0.39 is 22.0 Å². The zero-order chi connectivity index (χ0) is 19.5. The van der Waals surface area contributed by atoms with Crippen LogP contribution in [-0.2, 0) is 14.8 Å². The molecule has 1 atom stereocenters. The van der Waals surface area contributed by atoms with Crippen LogP contribution >= 0.6 is 11.6 Å². The minimum Gasteiger partial charge on any atom is -0.481 e. The normalized spacial score (nSPS) is 12.7. The Kier molecular flexibility index (Phi) is 6.28. The summed E-state index contributed by atoms with van der Waals surface area (Å²) in [6.07, 6.45) is -0.772. The highest BCUT2D eigenvalue weighted by atomic mass is 35.5. The van der Waals surface area contributed by atoms with Gasteiger partial charge in [-0.05, 0) is 55.8 Å². The summed E-state index contributed by atoms with van der Waals surface area (Å²) >= 11 is 5.82. The molecular weight excluding hydrogens is 376 g/mol. The summed E-state index contributed by atoms with van der Waals surface area (Å²) in [6.45, 7) is 3.31. The summed E-state index contributed by atoms with van der Waals surface area (Å²) in [6, 6.07) is 11.4. The Morgan fingerprint density at radius 2 is 1.77 bits per heavy atom. The molecule has 26 heavy (non-hydrogen) atoms. The molecule has 0 aliphatic heterocycles. The van der Waals surface area contributed by atoms with Crippen molar-refractivity contribution in [3.8, 4) is 5.75 Å². The number of hydrogen-bond donors (Lipinski definition) is 1. The Hall–Kier alpha value is -2.09. The van der Waals surface area contributed by atoms with Crippen molar-refractivity contribution in [2.75, 3.05) is 19.4 Å². The highest BCUT2D eigenvalue weighted by Crippen LogP contribution is 2.23. The van der Waals surface area contributed by atoms with Crippen LogP contribution in [0.25, 0.3) is 0 Å². The first-order valence-electron chi connectivity index (χ1n) is 7.87. The van der Waals surface area contributed by atoms with Crippen molar-refractivity contribution in [3.05, 3.63) is 53.1 Å². The van der Waals surface area contributed by atoms with Gasteiger partial charge in [-0.25, -0.2) is 12.7 Å². The van der Waals surface area contributed by atoms with Gasteiger partial charge in [-0.1, -0.05) is 17.7 Å². The molecule has 2 rings (SSSR count). The van der Waals surface area contributed by atoms with Gasteiger partial charge in [0, 0.05) is 24.8 Å². The summed E-state index contributed by atoms with van der Waals surface area (Å²) in [5, 5.41) is 3.25. The van der Waals surface area contributed by atoms with Crippen molar-refractivity contribution in [1.29, 1.82) is 0 Å². The fourth-order valence-electron chi connectivity index (χ4n) is 2.17. The van der Waals surface area contributed by atoms with E-state index in [4.69, 9.17) is 16.3 Å². The van der Waals surface area contributed by atoms with E-state index in [-0.39, 0.29) is 4.90 Å². The Morgan fingerprint density at radius 3 is 2.35 bits per heavy atom. The van der Waals surface area contributed by atoms with Gasteiger partial charge >= 0.3 is 0 Å². The number of rotatable bonds is 6. The van der Waals surface area contributed by atoms with Crippen LogP contribution in [0, 0.1) is 6.92 Å². The van der Waals surface area contributed by atoms with Crippen molar-refractivity contribution in [3.63, 3.8) is 0 Å². The molecule has 0 radical (unpaired) electrons. The maximum atomic E-state index is 12.4. The first kappa shape index (κ1) is 20.2. The molecule has 0 aromatic heterocycles. The lowest BCUT2D eigenvalue weighted by atomic mass is 10.2. The second-order valence-electron chi connectivity index (χ2n) is 5.97. The van der Waals surface area contributed by atoms with Crippen LogP contribution in [0.3, 0.4) is 0 Å². The molecule has 0 heterocycles. The summed E-state index contributed by atoms with van der Waals surface area (Å²) in [5.74, 6) is 0.119. The number of halogens is 1. The van der Waals surface area contributed by atoms with E-state index in [0.717, 1.165) is 4.31 Å². The third-order valence-corrected chi connectivity index (χ3v) is 5.92. The van der Waals surface area contributed by atoms with Crippen LogP contribution in [0.2, 0.25) is 5.02 Å². The Bertz CT molecular complexity index is 896. The van der Waals surface area contributed by atoms with Gasteiger partial charge in [0.2, 0.25) is 10.0 Å². The van der Waals surface area contributed by atoms with E-state index in [0.29, 0.717) is 22.0 Å². The quantitative estimate of drug-likeness (QED) is 0.812. The predicted molar refractivity (Wildman–Crippen MR) is 102 cm³/mol. The molecule has 1 amide bonds. The van der Waals surface area contributed by atoms with Crippen molar-refractivity contribution in [1.82, 2.24) is 4.31 Å². The van der Waals surface area contributed by atoms with Gasteiger partial charge in [0.05, 0.1) is 4.90 Å². The molecular formula is C18H21ClN2O4S. The van der Waals surface area contributed by atoms with Gasteiger partial charge in [0.1, 0.15) is 5.75 Å². The average Bonchev–Trinajstić information content (AvgIpc) is 2.58. The number of aryl methyl sites for hydroxylation is 1. The number of hydrogen-bond acceptors (Lipinski definition) is 4. The lowest BCUT2D eigenvalue weighted by Gasteiger charge is -2.17. The van der Waals surface area contributed by atoms with Gasteiger partial charge in [-0.15, -0.1) is 0 Å². The molecule has 2 aromatic rings. The van der Waals surface area contributed by atoms with Gasteiger partial charge in [0.15, 0.2) is 6.10 Å². The molecule has 140 valence electrons. The van der Waals surface area contributed by atoms with Crippen LogP contribution in [-0.4, -0.2) is 38.8 Å². The molecule has 0 bridgehead atoms. The number of benzene rings is 2. The molecule has 1 N–H and O–H groups in total. The van der Waals surface area contributed by atoms with Crippen LogP contribution in [0.1, 0.15) is 12.5 Å². The van der Waals surface area contributed by atoms with Gasteiger partial charge < -0.3 is 10.1 Å². The van der Waals surface area contributed by atoms with Gasteiger partial charge in [0.25, 0.3) is 5.91 Å². The number of carbonyl (C=O) groups excluding carboxylic acids is 1. The summed E-state index contributed by atoms with van der Waals surface area (Å²) in [7, 11) is -0.680. The third kappa shape index (κ3) is 4.75. The third-order valence-electron chi connectivity index (χ3n) is 3.71. The average molecular weight is 397 g/mol. The summed E-state index contributed by atoms with van der Waals surface area (Å²) in [5.41, 5.74) is 0.981. The number of amides is 1. The smallest absolute Gasteiger partial charge is 0.265 e. The molecule has 0 unspecified atom stereocenters. The Labute approximate surface area is 158 Å². The molecule has 0 saturated carbocycles. The first-order valence-corrected chi connectivity index (χ1v) is 9.69. The number of ether oxygens (including phenoxy) is 1. The molecule has 0 fully saturated rings. The van der Waals surface area contributed by atoms with Crippen molar-refractivity contribution in [2.24, 2.45) is 0 Å². The number of sulfonamides is 1. The monoisotopic (exact) mass is 396 g/mol. The lowest BCUT2D eigenvalue weighted by Crippen LogP contribution is -2.30. The molecule has 6 nitrogen and oxygen atoms in total. The SMILES string of the molecule is Cc1ccc(NC(=O)[C@H](C)Oc2ccc(Cl)cc2)cc1S(=O)(=O)N(C)C. The maximum absolute atomic E-state index is 12.4. The highest BCUT2D eigenvalue weighted by Gasteiger charge is 2.21. The zero-order valence-electron chi connectivity index (χ0n) is 15.0. The number of carbonyl (C=O) groups is 1. The molecule has 2 aromatic carbocycles. The first-order chi connectivity index (χ1) is 12.1. The molecule has 0 aliphatic carbocycles. The fourth-order valence-corrected chi connectivity index (χ4v) is 3.44. The summed E-state index contributed by atoms with van der Waals surface area (Å²) in [4.78, 5) is 12.5. The van der Waals surface area contributed by atoms with Crippen LogP contribution in [0.15, 0.2) is 47.4 Å². The maximum Gasteiger partial charge on any atom is 0.265 e. The predicted octanol–water partition coefficient (Wildman–Crippen LogP) is 3.30. The standard InChI is InChI=1S/C18H21ClN2O4S/c1-12-5-8-15(11-17(12)26(23,24)21(3)4)20-18(22)13(2)25-16-9-6-14(19)7-10-16/h5-11,13H,1-4H3,(H,20,22)/t13-/m0/s1. The second kappa shape index (κ2) is 8.07. The summed E-state index contributed by atoms with van der Waals surface area (Å²) < 4.78 is 31.4. The van der Waals surface area contributed by atoms with Crippen molar-refractivity contribution < 1.29 is 17.9 Å². The lowest BCUT2D eigenvalue weighted by molar-refractivity contribution is -0.122. The molecule has 0 aliphatic rings. The van der Waals surface area contributed by atoms with Crippen LogP contribution in [0.5, 0.6) is 5.75 Å².